The molecule has 0 bridgehead atoms. The Morgan fingerprint density at radius 3 is 2.53 bits per heavy atom. The normalized spacial score (nSPS) is 28.1. The minimum absolute atomic E-state index is 0.305. The first-order chi connectivity index (χ1) is 9.18. The molecule has 1 aliphatic carbocycles. The minimum Gasteiger partial charge on any atom is -0.316 e. The number of rotatable bonds is 3. The van der Waals surface area contributed by atoms with Gasteiger partial charge in [-0.1, -0.05) is 65.1 Å². The van der Waals surface area contributed by atoms with Gasteiger partial charge >= 0.3 is 0 Å². The summed E-state index contributed by atoms with van der Waals surface area (Å²) in [5.41, 5.74) is 1.80. The summed E-state index contributed by atoms with van der Waals surface area (Å²) in [7, 11) is 2.08. The third-order valence-electron chi connectivity index (χ3n) is 4.86. The van der Waals surface area contributed by atoms with E-state index in [9.17, 15) is 0 Å². The number of hydrogen-bond acceptors (Lipinski definition) is 1. The predicted molar refractivity (Wildman–Crippen MR) is 91.2 cm³/mol. The van der Waals surface area contributed by atoms with Gasteiger partial charge in [0.25, 0.3) is 0 Å². The Bertz CT molecular complexity index is 595. The molecule has 0 radical (unpaired) electrons. The van der Waals surface area contributed by atoms with Crippen molar-refractivity contribution < 1.29 is 0 Å². The fourth-order valence-electron chi connectivity index (χ4n) is 3.36. The number of nitrogens with one attached hydrogen (secondary N) is 1. The van der Waals surface area contributed by atoms with E-state index in [0.29, 0.717) is 11.5 Å². The summed E-state index contributed by atoms with van der Waals surface area (Å²) in [4.78, 5) is 0. The Morgan fingerprint density at radius 1 is 1.21 bits per heavy atom. The summed E-state index contributed by atoms with van der Waals surface area (Å²) < 4.78 is 0.730. The van der Waals surface area contributed by atoms with Crippen LogP contribution in [0.4, 0.5) is 0 Å². The van der Waals surface area contributed by atoms with Crippen molar-refractivity contribution in [2.75, 3.05) is 7.05 Å². The quantitative estimate of drug-likeness (QED) is 0.632. The molecule has 2 heteroatoms. The maximum absolute atomic E-state index is 3.48. The molecule has 0 amide bonds. The summed E-state index contributed by atoms with van der Waals surface area (Å²) in [5, 5.41) is 6.18. The third-order valence-corrected chi connectivity index (χ3v) is 6.60. The van der Waals surface area contributed by atoms with Crippen molar-refractivity contribution in [2.45, 2.75) is 35.1 Å². The fourth-order valence-corrected chi connectivity index (χ4v) is 4.89. The Hall–Kier alpha value is -0.610. The molecule has 0 heterocycles. The second-order valence-electron chi connectivity index (χ2n) is 5.62. The molecule has 1 aliphatic rings. The van der Waals surface area contributed by atoms with Crippen molar-refractivity contribution in [2.24, 2.45) is 0 Å². The number of halogens is 1. The molecule has 0 spiro atoms. The first kappa shape index (κ1) is 13.4. The van der Waals surface area contributed by atoms with Crippen molar-refractivity contribution >= 4 is 33.4 Å². The van der Waals surface area contributed by atoms with Crippen LogP contribution in [0.1, 0.15) is 25.3 Å². The van der Waals surface area contributed by atoms with Crippen LogP contribution >= 0.6 is 22.6 Å². The average Bonchev–Trinajstić information content (AvgIpc) is 2.45. The minimum atomic E-state index is 0.305. The molecule has 1 fully saturated rings. The van der Waals surface area contributed by atoms with Gasteiger partial charge in [-0.05, 0) is 43.1 Å². The molecule has 1 nitrogen and oxygen atoms in total. The van der Waals surface area contributed by atoms with Crippen LogP contribution in [0, 0.1) is 0 Å². The lowest BCUT2D eigenvalue weighted by Crippen LogP contribution is -2.57. The largest absolute Gasteiger partial charge is 0.316 e. The van der Waals surface area contributed by atoms with Crippen molar-refractivity contribution in [3.8, 4) is 0 Å². The maximum atomic E-state index is 3.48. The van der Waals surface area contributed by atoms with Crippen molar-refractivity contribution in [1.29, 1.82) is 0 Å². The molecule has 2 aromatic rings. The lowest BCUT2D eigenvalue weighted by molar-refractivity contribution is 0.207. The predicted octanol–water partition coefficient (Wildman–Crippen LogP) is 4.28. The molecule has 1 saturated carbocycles. The van der Waals surface area contributed by atoms with E-state index in [1.54, 1.807) is 0 Å². The Morgan fingerprint density at radius 2 is 1.95 bits per heavy atom. The van der Waals surface area contributed by atoms with Gasteiger partial charge in [-0.3, -0.25) is 0 Å². The molecule has 2 aromatic carbocycles. The highest BCUT2D eigenvalue weighted by molar-refractivity contribution is 14.1. The van der Waals surface area contributed by atoms with E-state index in [1.807, 2.05) is 0 Å². The second kappa shape index (κ2) is 5.06. The van der Waals surface area contributed by atoms with Crippen molar-refractivity contribution in [1.82, 2.24) is 5.32 Å². The number of hydrogen-bond donors (Lipinski definition) is 1. The molecule has 3 unspecified atom stereocenters. The van der Waals surface area contributed by atoms with E-state index < -0.39 is 0 Å². The zero-order chi connectivity index (χ0) is 13.5. The first-order valence-electron chi connectivity index (χ1n) is 6.99. The zero-order valence-electron chi connectivity index (χ0n) is 11.5. The molecule has 1 N–H and O–H groups in total. The molecule has 100 valence electrons. The summed E-state index contributed by atoms with van der Waals surface area (Å²) >= 11 is 2.63. The van der Waals surface area contributed by atoms with Crippen LogP contribution in [-0.2, 0) is 5.41 Å². The number of benzene rings is 2. The van der Waals surface area contributed by atoms with Gasteiger partial charge in [-0.2, -0.15) is 0 Å². The van der Waals surface area contributed by atoms with Gasteiger partial charge < -0.3 is 5.32 Å². The lowest BCUT2D eigenvalue weighted by Gasteiger charge is -2.51. The van der Waals surface area contributed by atoms with Gasteiger partial charge in [-0.15, -0.1) is 0 Å². The smallest absolute Gasteiger partial charge is 0.0222 e. The highest BCUT2D eigenvalue weighted by atomic mass is 127. The molecular weight excluding hydrogens is 345 g/mol. The van der Waals surface area contributed by atoms with E-state index in [-0.39, 0.29) is 0 Å². The van der Waals surface area contributed by atoms with E-state index in [1.165, 1.54) is 29.2 Å². The molecule has 0 saturated heterocycles. The van der Waals surface area contributed by atoms with Crippen LogP contribution in [0.2, 0.25) is 0 Å². The SMILES string of the molecule is CNC(C)C1(c2ccc3ccccc3c2)CCC1I. The highest BCUT2D eigenvalue weighted by Crippen LogP contribution is 2.51. The Kier molecular flexibility index (Phi) is 3.56. The van der Waals surface area contributed by atoms with Crippen LogP contribution in [0.3, 0.4) is 0 Å². The molecule has 0 aromatic heterocycles. The highest BCUT2D eigenvalue weighted by Gasteiger charge is 2.50. The average molecular weight is 365 g/mol. The van der Waals surface area contributed by atoms with Crippen LogP contribution in [0.25, 0.3) is 10.8 Å². The van der Waals surface area contributed by atoms with Crippen LogP contribution < -0.4 is 5.32 Å². The van der Waals surface area contributed by atoms with Gasteiger partial charge in [0.05, 0.1) is 0 Å². The van der Waals surface area contributed by atoms with Crippen LogP contribution in [0.15, 0.2) is 42.5 Å². The number of alkyl halides is 1. The van der Waals surface area contributed by atoms with E-state index in [0.717, 1.165) is 3.92 Å². The molecule has 19 heavy (non-hydrogen) atoms. The molecular formula is C17H20IN. The fraction of sp³-hybridized carbons (Fsp3) is 0.412. The summed E-state index contributed by atoms with van der Waals surface area (Å²) in [6.07, 6.45) is 2.63. The Labute approximate surface area is 128 Å². The maximum Gasteiger partial charge on any atom is 0.0222 e. The van der Waals surface area contributed by atoms with Crippen LogP contribution in [-0.4, -0.2) is 17.0 Å². The van der Waals surface area contributed by atoms with Crippen LogP contribution in [0.5, 0.6) is 0 Å². The lowest BCUT2D eigenvalue weighted by atomic mass is 9.60. The summed E-state index contributed by atoms with van der Waals surface area (Å²) in [6.45, 7) is 2.32. The summed E-state index contributed by atoms with van der Waals surface area (Å²) in [5.74, 6) is 0. The third kappa shape index (κ3) is 2.00. The van der Waals surface area contributed by atoms with Gasteiger partial charge in [0.1, 0.15) is 0 Å². The molecule has 3 rings (SSSR count). The Balaban J connectivity index is 2.11. The molecule has 0 aliphatic heterocycles. The van der Waals surface area contributed by atoms with Gasteiger partial charge in [-0.25, -0.2) is 0 Å². The monoisotopic (exact) mass is 365 g/mol. The number of likely N-dealkylation sites (N-methyl/N-ethyl adjacent to an activating group) is 1. The van der Waals surface area contributed by atoms with E-state index in [4.69, 9.17) is 0 Å². The molecule has 3 atom stereocenters. The van der Waals surface area contributed by atoms with E-state index in [2.05, 4.69) is 84.3 Å². The topological polar surface area (TPSA) is 12.0 Å². The van der Waals surface area contributed by atoms with Crippen molar-refractivity contribution in [3.63, 3.8) is 0 Å². The number of fused-ring (bicyclic) bond motifs is 1. The van der Waals surface area contributed by atoms with Gasteiger partial charge in [0.2, 0.25) is 0 Å². The van der Waals surface area contributed by atoms with Gasteiger partial charge in [0, 0.05) is 15.4 Å². The standard InChI is InChI=1S/C17H20IN/c1-12(19-2)17(10-9-16(17)18)15-8-7-13-5-3-4-6-14(13)11-15/h3-8,11-12,16,19H,9-10H2,1-2H3. The zero-order valence-corrected chi connectivity index (χ0v) is 13.6. The van der Waals surface area contributed by atoms with Gasteiger partial charge in [0.15, 0.2) is 0 Å². The summed E-state index contributed by atoms with van der Waals surface area (Å²) in [6, 6.07) is 16.2. The van der Waals surface area contributed by atoms with E-state index >= 15 is 0 Å². The second-order valence-corrected chi connectivity index (χ2v) is 7.12. The first-order valence-corrected chi connectivity index (χ1v) is 8.23. The van der Waals surface area contributed by atoms with Crippen molar-refractivity contribution in [3.05, 3.63) is 48.0 Å².